The van der Waals surface area contributed by atoms with Crippen molar-refractivity contribution in [1.29, 1.82) is 0 Å². The zero-order valence-electron chi connectivity index (χ0n) is 21.8. The van der Waals surface area contributed by atoms with Gasteiger partial charge in [-0.3, -0.25) is 0 Å². The maximum atomic E-state index is 6.21. The van der Waals surface area contributed by atoms with Crippen LogP contribution in [0.5, 0.6) is 11.5 Å². The van der Waals surface area contributed by atoms with Crippen LogP contribution in [-0.4, -0.2) is 13.2 Å². The van der Waals surface area contributed by atoms with Crippen LogP contribution < -0.4 is 14.8 Å². The zero-order valence-corrected chi connectivity index (χ0v) is 21.8. The van der Waals surface area contributed by atoms with Crippen molar-refractivity contribution in [2.24, 2.45) is 0 Å². The van der Waals surface area contributed by atoms with E-state index in [9.17, 15) is 0 Å². The van der Waals surface area contributed by atoms with E-state index in [4.69, 9.17) is 9.47 Å². The molecule has 0 amide bonds. The fraction of sp³-hybridized carbons (Fsp3) is 0.600. The van der Waals surface area contributed by atoms with Crippen LogP contribution in [-0.2, 0) is 18.5 Å². The predicted octanol–water partition coefficient (Wildman–Crippen LogP) is 8.19. The summed E-state index contributed by atoms with van der Waals surface area (Å²) >= 11 is 0. The van der Waals surface area contributed by atoms with Crippen molar-refractivity contribution in [3.05, 3.63) is 59.2 Å². The molecular weight excluding hydrogens is 406 g/mol. The largest absolute Gasteiger partial charge is 0.493 e. The van der Waals surface area contributed by atoms with Crippen molar-refractivity contribution in [3.8, 4) is 11.5 Å². The van der Waals surface area contributed by atoms with Gasteiger partial charge in [-0.05, 0) is 35.4 Å². The Morgan fingerprint density at radius 1 is 0.697 bits per heavy atom. The van der Waals surface area contributed by atoms with Crippen LogP contribution in [0.2, 0.25) is 0 Å². The molecule has 0 radical (unpaired) electrons. The minimum Gasteiger partial charge on any atom is -0.493 e. The average molecular weight is 454 g/mol. The molecule has 1 N–H and O–H groups in total. The molecule has 2 aromatic carbocycles. The van der Waals surface area contributed by atoms with Crippen LogP contribution in [0.15, 0.2) is 42.5 Å². The smallest absolute Gasteiger partial charge is 0.127 e. The summed E-state index contributed by atoms with van der Waals surface area (Å²) in [6, 6.07) is 15.3. The zero-order chi connectivity index (χ0) is 23.9. The van der Waals surface area contributed by atoms with Gasteiger partial charge in [0.2, 0.25) is 0 Å². The molecular formula is C30H47NO2. The van der Waals surface area contributed by atoms with E-state index in [1.54, 1.807) is 0 Å². The molecule has 2 rings (SSSR count). The summed E-state index contributed by atoms with van der Waals surface area (Å²) in [5, 5.41) is 3.59. The Balaban J connectivity index is 1.93. The lowest BCUT2D eigenvalue weighted by molar-refractivity contribution is 0.288. The summed E-state index contributed by atoms with van der Waals surface area (Å²) in [5.41, 5.74) is 4.05. The van der Waals surface area contributed by atoms with E-state index in [-0.39, 0.29) is 5.41 Å². The molecule has 184 valence electrons. The topological polar surface area (TPSA) is 30.5 Å². The fourth-order valence-electron chi connectivity index (χ4n) is 3.80. The third-order valence-electron chi connectivity index (χ3n) is 6.03. The molecule has 0 atom stereocenters. The number of rotatable bonds is 16. The Bertz CT molecular complexity index is 777. The lowest BCUT2D eigenvalue weighted by Gasteiger charge is -2.19. The number of hydrogen-bond acceptors (Lipinski definition) is 3. The van der Waals surface area contributed by atoms with E-state index < -0.39 is 0 Å². The number of nitrogens with one attached hydrogen (secondary N) is 1. The molecule has 0 saturated heterocycles. The Hall–Kier alpha value is -2.00. The first-order valence-electron chi connectivity index (χ1n) is 13.1. The molecule has 0 heterocycles. The van der Waals surface area contributed by atoms with Crippen molar-refractivity contribution in [2.45, 2.75) is 104 Å². The highest BCUT2D eigenvalue weighted by molar-refractivity contribution is 5.41. The van der Waals surface area contributed by atoms with Crippen LogP contribution >= 0.6 is 0 Å². The van der Waals surface area contributed by atoms with Crippen LogP contribution in [0.25, 0.3) is 0 Å². The minimum absolute atomic E-state index is 0.190. The maximum Gasteiger partial charge on any atom is 0.127 e. The number of ether oxygens (including phenoxy) is 2. The molecule has 0 aliphatic rings. The second-order valence-corrected chi connectivity index (χ2v) is 10.1. The second-order valence-electron chi connectivity index (χ2n) is 10.1. The molecule has 3 nitrogen and oxygen atoms in total. The van der Waals surface area contributed by atoms with E-state index in [1.807, 2.05) is 0 Å². The Morgan fingerprint density at radius 3 is 1.94 bits per heavy atom. The van der Waals surface area contributed by atoms with Gasteiger partial charge in [0.1, 0.15) is 11.5 Å². The summed E-state index contributed by atoms with van der Waals surface area (Å²) in [5.74, 6) is 1.87. The quantitative estimate of drug-likeness (QED) is 0.260. The van der Waals surface area contributed by atoms with E-state index in [2.05, 4.69) is 82.4 Å². The van der Waals surface area contributed by atoms with Gasteiger partial charge in [-0.1, -0.05) is 103 Å². The number of benzene rings is 2. The van der Waals surface area contributed by atoms with Gasteiger partial charge in [-0.25, -0.2) is 0 Å². The van der Waals surface area contributed by atoms with E-state index in [0.29, 0.717) is 0 Å². The first-order valence-corrected chi connectivity index (χ1v) is 13.1. The first-order chi connectivity index (χ1) is 15.9. The van der Waals surface area contributed by atoms with E-state index >= 15 is 0 Å². The Morgan fingerprint density at radius 2 is 1.33 bits per heavy atom. The SMILES string of the molecule is CCCCCCOc1ccc(CNCc2ccc(C(C)(C)C)cc2)c(OCCCCCC)c1. The molecule has 0 aliphatic heterocycles. The van der Waals surface area contributed by atoms with Crippen LogP contribution in [0.4, 0.5) is 0 Å². The van der Waals surface area contributed by atoms with Crippen molar-refractivity contribution >= 4 is 0 Å². The standard InChI is InChI=1S/C30H47NO2/c1-6-8-10-12-20-32-28-19-16-26(29(22-28)33-21-13-11-9-7-2)24-31-23-25-14-17-27(18-15-25)30(3,4)5/h14-19,22,31H,6-13,20-21,23-24H2,1-5H3. The molecule has 0 aromatic heterocycles. The summed E-state index contributed by atoms with van der Waals surface area (Å²) in [6.07, 6.45) is 9.71. The number of unbranched alkanes of at least 4 members (excludes halogenated alkanes) is 6. The van der Waals surface area contributed by atoms with Gasteiger partial charge < -0.3 is 14.8 Å². The average Bonchev–Trinajstić information content (AvgIpc) is 2.79. The van der Waals surface area contributed by atoms with Gasteiger partial charge in [0.25, 0.3) is 0 Å². The molecule has 0 bridgehead atoms. The highest BCUT2D eigenvalue weighted by atomic mass is 16.5. The summed E-state index contributed by atoms with van der Waals surface area (Å²) in [6.45, 7) is 14.4. The Labute approximate surface area is 203 Å². The lowest BCUT2D eigenvalue weighted by Crippen LogP contribution is -2.15. The normalized spacial score (nSPS) is 11.5. The van der Waals surface area contributed by atoms with Crippen molar-refractivity contribution < 1.29 is 9.47 Å². The molecule has 0 unspecified atom stereocenters. The number of hydrogen-bond donors (Lipinski definition) is 1. The predicted molar refractivity (Wildman–Crippen MR) is 141 cm³/mol. The monoisotopic (exact) mass is 453 g/mol. The second kappa shape index (κ2) is 15.0. The summed E-state index contributed by atoms with van der Waals surface area (Å²) < 4.78 is 12.2. The molecule has 0 aliphatic carbocycles. The molecule has 0 spiro atoms. The van der Waals surface area contributed by atoms with Gasteiger partial charge in [-0.15, -0.1) is 0 Å². The van der Waals surface area contributed by atoms with Crippen molar-refractivity contribution in [2.75, 3.05) is 13.2 Å². The van der Waals surface area contributed by atoms with Crippen molar-refractivity contribution in [1.82, 2.24) is 5.32 Å². The highest BCUT2D eigenvalue weighted by Gasteiger charge is 2.13. The van der Waals surface area contributed by atoms with Gasteiger partial charge >= 0.3 is 0 Å². The van der Waals surface area contributed by atoms with E-state index in [0.717, 1.165) is 50.6 Å². The van der Waals surface area contributed by atoms with Gasteiger partial charge in [0.05, 0.1) is 13.2 Å². The summed E-state index contributed by atoms with van der Waals surface area (Å²) in [7, 11) is 0. The lowest BCUT2D eigenvalue weighted by atomic mass is 9.87. The molecule has 0 saturated carbocycles. The van der Waals surface area contributed by atoms with Crippen LogP contribution in [0, 0.1) is 0 Å². The summed E-state index contributed by atoms with van der Waals surface area (Å²) in [4.78, 5) is 0. The third kappa shape index (κ3) is 10.6. The molecule has 0 fully saturated rings. The fourth-order valence-corrected chi connectivity index (χ4v) is 3.80. The Kier molecular flexibility index (Phi) is 12.4. The van der Waals surface area contributed by atoms with Gasteiger partial charge in [-0.2, -0.15) is 0 Å². The molecule has 2 aromatic rings. The van der Waals surface area contributed by atoms with Crippen LogP contribution in [0.3, 0.4) is 0 Å². The third-order valence-corrected chi connectivity index (χ3v) is 6.03. The maximum absolute atomic E-state index is 6.21. The minimum atomic E-state index is 0.190. The van der Waals surface area contributed by atoms with Crippen LogP contribution in [0.1, 0.15) is 103 Å². The molecule has 33 heavy (non-hydrogen) atoms. The highest BCUT2D eigenvalue weighted by Crippen LogP contribution is 2.26. The van der Waals surface area contributed by atoms with E-state index in [1.165, 1.54) is 55.2 Å². The first kappa shape index (κ1) is 27.2. The van der Waals surface area contributed by atoms with Crippen molar-refractivity contribution in [3.63, 3.8) is 0 Å². The molecule has 3 heteroatoms. The van der Waals surface area contributed by atoms with Gasteiger partial charge in [0, 0.05) is 24.7 Å². The van der Waals surface area contributed by atoms with Gasteiger partial charge in [0.15, 0.2) is 0 Å².